The first kappa shape index (κ1) is 27.1. The van der Waals surface area contributed by atoms with Gasteiger partial charge in [-0.25, -0.2) is 4.98 Å². The van der Waals surface area contributed by atoms with Crippen molar-refractivity contribution < 1.29 is 23.5 Å². The summed E-state index contributed by atoms with van der Waals surface area (Å²) in [5.41, 5.74) is 1.47. The number of carbonyl (C=O) groups is 3. The molecule has 1 saturated heterocycles. The zero-order valence-corrected chi connectivity index (χ0v) is 23.5. The molecule has 0 N–H and O–H groups in total. The Balaban J connectivity index is 1.21. The molecule has 2 amide bonds. The highest BCUT2D eigenvalue weighted by Gasteiger charge is 2.26. The van der Waals surface area contributed by atoms with Gasteiger partial charge < -0.3 is 14.1 Å². The molecule has 0 radical (unpaired) electrons. The van der Waals surface area contributed by atoms with Crippen molar-refractivity contribution in [3.8, 4) is 11.5 Å². The Kier molecular flexibility index (Phi) is 8.73. The van der Waals surface area contributed by atoms with Gasteiger partial charge in [0.2, 0.25) is 5.91 Å². The predicted molar refractivity (Wildman–Crippen MR) is 153 cm³/mol. The molecule has 1 aliphatic rings. The second-order valence-electron chi connectivity index (χ2n) is 9.53. The number of likely N-dealkylation sites (tertiary alicyclic amines) is 1. The van der Waals surface area contributed by atoms with Crippen LogP contribution in [0.5, 0.6) is 0 Å². The second-order valence-corrected chi connectivity index (χ2v) is 11.3. The summed E-state index contributed by atoms with van der Waals surface area (Å²) >= 11 is 2.78. The number of thiophene rings is 1. The molecule has 0 spiro atoms. The van der Waals surface area contributed by atoms with Gasteiger partial charge in [-0.3, -0.25) is 19.3 Å². The van der Waals surface area contributed by atoms with Gasteiger partial charge in [0.15, 0.2) is 10.9 Å². The van der Waals surface area contributed by atoms with Crippen molar-refractivity contribution in [3.05, 3.63) is 58.1 Å². The van der Waals surface area contributed by atoms with Crippen LogP contribution in [0.1, 0.15) is 48.7 Å². The minimum atomic E-state index is -0.163. The second kappa shape index (κ2) is 12.6. The number of esters is 1. The van der Waals surface area contributed by atoms with Crippen LogP contribution in [0.25, 0.3) is 22.4 Å². The largest absolute Gasteiger partial charge is 0.466 e. The van der Waals surface area contributed by atoms with Crippen LogP contribution in [0.3, 0.4) is 0 Å². The van der Waals surface area contributed by atoms with E-state index in [1.165, 1.54) is 22.7 Å². The van der Waals surface area contributed by atoms with Crippen LogP contribution in [0.2, 0.25) is 0 Å². The lowest BCUT2D eigenvalue weighted by Gasteiger charge is -2.32. The summed E-state index contributed by atoms with van der Waals surface area (Å²) in [5.74, 6) is 0.711. The molecule has 8 nitrogen and oxygen atoms in total. The molecule has 5 rings (SSSR count). The van der Waals surface area contributed by atoms with Gasteiger partial charge >= 0.3 is 5.97 Å². The molecule has 1 fully saturated rings. The number of para-hydroxylation sites is 1. The van der Waals surface area contributed by atoms with E-state index >= 15 is 0 Å². The zero-order valence-electron chi connectivity index (χ0n) is 21.8. The van der Waals surface area contributed by atoms with Crippen molar-refractivity contribution in [2.75, 3.05) is 31.1 Å². The molecular formula is C29H31N3O5S2. The van der Waals surface area contributed by atoms with Crippen molar-refractivity contribution >= 4 is 56.6 Å². The van der Waals surface area contributed by atoms with E-state index in [2.05, 4.69) is 0 Å². The number of fused-ring (bicyclic) bond motifs is 1. The normalized spacial score (nSPS) is 14.0. The van der Waals surface area contributed by atoms with E-state index < -0.39 is 0 Å². The first-order valence-corrected chi connectivity index (χ1v) is 15.0. The molecule has 204 valence electrons. The molecule has 0 unspecified atom stereocenters. The fraction of sp³-hybridized carbons (Fsp3) is 0.379. The predicted octanol–water partition coefficient (Wildman–Crippen LogP) is 6.24. The maximum Gasteiger partial charge on any atom is 0.306 e. The number of thiazole rings is 1. The first-order valence-electron chi connectivity index (χ1n) is 13.2. The van der Waals surface area contributed by atoms with Crippen LogP contribution in [0.15, 0.2) is 57.6 Å². The average molecular weight is 566 g/mol. The minimum Gasteiger partial charge on any atom is -0.466 e. The summed E-state index contributed by atoms with van der Waals surface area (Å²) in [4.78, 5) is 47.0. The topological polar surface area (TPSA) is 93.0 Å². The monoisotopic (exact) mass is 565 g/mol. The van der Waals surface area contributed by atoms with E-state index in [0.717, 1.165) is 23.8 Å². The molecule has 39 heavy (non-hydrogen) atoms. The lowest BCUT2D eigenvalue weighted by Crippen LogP contribution is -2.39. The van der Waals surface area contributed by atoms with Crippen LogP contribution >= 0.6 is 22.7 Å². The Bertz CT molecular complexity index is 1390. The Morgan fingerprint density at radius 2 is 1.95 bits per heavy atom. The minimum absolute atomic E-state index is 0.0789. The van der Waals surface area contributed by atoms with E-state index in [9.17, 15) is 14.4 Å². The summed E-state index contributed by atoms with van der Waals surface area (Å²) < 4.78 is 11.0. The fourth-order valence-corrected chi connectivity index (χ4v) is 6.33. The molecular weight excluding hydrogens is 534 g/mol. The number of piperidine rings is 1. The molecule has 0 bridgehead atoms. The molecule has 3 aromatic heterocycles. The maximum atomic E-state index is 13.4. The highest BCUT2D eigenvalue weighted by molar-refractivity contribution is 7.14. The zero-order chi connectivity index (χ0) is 27.2. The number of hydrogen-bond acceptors (Lipinski definition) is 8. The van der Waals surface area contributed by atoms with E-state index in [0.29, 0.717) is 67.0 Å². The van der Waals surface area contributed by atoms with Crippen molar-refractivity contribution in [2.24, 2.45) is 5.92 Å². The summed E-state index contributed by atoms with van der Waals surface area (Å²) in [6.45, 7) is 3.88. The van der Waals surface area contributed by atoms with Gasteiger partial charge in [-0.15, -0.1) is 22.7 Å². The molecule has 10 heteroatoms. The molecule has 4 aromatic rings. The van der Waals surface area contributed by atoms with Gasteiger partial charge in [0.25, 0.3) is 5.91 Å². The number of ether oxygens (including phenoxy) is 1. The van der Waals surface area contributed by atoms with E-state index in [4.69, 9.17) is 14.1 Å². The van der Waals surface area contributed by atoms with Crippen molar-refractivity contribution in [1.82, 2.24) is 9.88 Å². The third-order valence-electron chi connectivity index (χ3n) is 6.88. The number of rotatable bonds is 10. The van der Waals surface area contributed by atoms with Gasteiger partial charge in [0, 0.05) is 43.2 Å². The van der Waals surface area contributed by atoms with E-state index in [1.54, 1.807) is 11.0 Å². The van der Waals surface area contributed by atoms with Crippen molar-refractivity contribution in [2.45, 2.75) is 39.0 Å². The fourth-order valence-electron chi connectivity index (χ4n) is 4.82. The number of aromatic nitrogens is 1. The highest BCUT2D eigenvalue weighted by atomic mass is 32.1. The Morgan fingerprint density at radius 1 is 1.13 bits per heavy atom. The number of furan rings is 1. The van der Waals surface area contributed by atoms with Crippen LogP contribution in [0, 0.1) is 5.92 Å². The Morgan fingerprint density at radius 3 is 2.69 bits per heavy atom. The van der Waals surface area contributed by atoms with Crippen molar-refractivity contribution in [1.29, 1.82) is 0 Å². The molecule has 0 aliphatic carbocycles. The van der Waals surface area contributed by atoms with Crippen LogP contribution in [0.4, 0.5) is 5.13 Å². The SMILES string of the molecule is CCOC(=O)CC1CCN(C(=O)CCCN(C(=O)c2cccs2)c2nc(-c3cc4ccccc4o3)cs2)CC1. The lowest BCUT2D eigenvalue weighted by molar-refractivity contribution is -0.144. The number of nitrogens with zero attached hydrogens (tertiary/aromatic N) is 3. The summed E-state index contributed by atoms with van der Waals surface area (Å²) in [7, 11) is 0. The van der Waals surface area contributed by atoms with Crippen LogP contribution in [-0.4, -0.2) is 53.9 Å². The van der Waals surface area contributed by atoms with Gasteiger partial charge in [0.1, 0.15) is 11.3 Å². The Hall–Kier alpha value is -3.50. The van der Waals surface area contributed by atoms with Gasteiger partial charge in [-0.05, 0) is 55.7 Å². The Labute approximate surface area is 235 Å². The third kappa shape index (κ3) is 6.57. The van der Waals surface area contributed by atoms with Gasteiger partial charge in [0.05, 0.1) is 11.5 Å². The number of benzene rings is 1. The number of amides is 2. The molecule has 1 aromatic carbocycles. The molecule has 0 atom stereocenters. The van der Waals surface area contributed by atoms with Crippen LogP contribution < -0.4 is 4.90 Å². The molecule has 4 heterocycles. The summed E-state index contributed by atoms with van der Waals surface area (Å²) in [6.07, 6.45) is 2.89. The van der Waals surface area contributed by atoms with E-state index in [1.807, 2.05) is 59.0 Å². The number of anilines is 1. The van der Waals surface area contributed by atoms with Crippen LogP contribution in [-0.2, 0) is 14.3 Å². The number of hydrogen-bond donors (Lipinski definition) is 0. The summed E-state index contributed by atoms with van der Waals surface area (Å²) in [6, 6.07) is 13.4. The maximum absolute atomic E-state index is 13.4. The summed E-state index contributed by atoms with van der Waals surface area (Å²) in [5, 5.41) is 5.35. The van der Waals surface area contributed by atoms with Gasteiger partial charge in [-0.1, -0.05) is 24.3 Å². The smallest absolute Gasteiger partial charge is 0.306 e. The van der Waals surface area contributed by atoms with Gasteiger partial charge in [-0.2, -0.15) is 0 Å². The quantitative estimate of drug-likeness (QED) is 0.212. The van der Waals surface area contributed by atoms with E-state index in [-0.39, 0.29) is 23.7 Å². The van der Waals surface area contributed by atoms with Crippen molar-refractivity contribution in [3.63, 3.8) is 0 Å². The average Bonchev–Trinajstić information content (AvgIpc) is 3.72. The highest BCUT2D eigenvalue weighted by Crippen LogP contribution is 2.32. The number of carbonyl (C=O) groups excluding carboxylic acids is 3. The first-order chi connectivity index (χ1) is 19.0. The third-order valence-corrected chi connectivity index (χ3v) is 8.60. The molecule has 0 saturated carbocycles. The lowest BCUT2D eigenvalue weighted by atomic mass is 9.93. The standard InChI is InChI=1S/C29H31N3O5S2/c1-2-36-27(34)17-20-11-14-31(15-12-20)26(33)10-5-13-32(28(35)25-9-6-16-38-25)29-30-22(19-39-29)24-18-21-7-3-4-8-23(21)37-24/h3-4,6-9,16,18-20H,2,5,10-15,17H2,1H3. The molecule has 1 aliphatic heterocycles.